The Hall–Kier alpha value is -3.74. The number of anilines is 1. The molecule has 2 aromatic heterocycles. The van der Waals surface area contributed by atoms with Gasteiger partial charge in [-0.05, 0) is 37.1 Å². The van der Waals surface area contributed by atoms with E-state index in [1.807, 2.05) is 30.3 Å². The molecule has 0 unspecified atom stereocenters. The van der Waals surface area contributed by atoms with Gasteiger partial charge in [-0.25, -0.2) is 9.97 Å². The van der Waals surface area contributed by atoms with Crippen molar-refractivity contribution in [3.8, 4) is 11.3 Å². The zero-order chi connectivity index (χ0) is 20.5. The van der Waals surface area contributed by atoms with Crippen molar-refractivity contribution < 1.29 is 4.79 Å². The largest absolute Gasteiger partial charge is 0.334 e. The molecule has 150 valence electrons. The molecule has 7 heteroatoms. The number of para-hydroxylation sites is 1. The molecule has 7 nitrogen and oxygen atoms in total. The Morgan fingerprint density at radius 3 is 2.73 bits per heavy atom. The van der Waals surface area contributed by atoms with Gasteiger partial charge in [-0.2, -0.15) is 0 Å². The first kappa shape index (κ1) is 18.3. The number of aromatic nitrogens is 4. The van der Waals surface area contributed by atoms with E-state index >= 15 is 0 Å². The number of fused-ring (bicyclic) bond motifs is 2. The van der Waals surface area contributed by atoms with Crippen LogP contribution >= 0.6 is 0 Å². The van der Waals surface area contributed by atoms with Crippen molar-refractivity contribution in [1.29, 1.82) is 0 Å². The van der Waals surface area contributed by atoms with Gasteiger partial charge in [0, 0.05) is 30.4 Å². The first-order valence-electron chi connectivity index (χ1n) is 10.1. The SMILES string of the molecule is O=C(Cn1cnc2ccccc2c1=O)Nc1ccc(-c2cn3c(n2)CCCC3)cc1. The second kappa shape index (κ2) is 7.59. The molecule has 0 aliphatic carbocycles. The van der Waals surface area contributed by atoms with Crippen LogP contribution in [0, 0.1) is 0 Å². The van der Waals surface area contributed by atoms with Crippen LogP contribution in [0.5, 0.6) is 0 Å². The summed E-state index contributed by atoms with van der Waals surface area (Å²) >= 11 is 0. The zero-order valence-corrected chi connectivity index (χ0v) is 16.4. The van der Waals surface area contributed by atoms with E-state index in [2.05, 4.69) is 21.1 Å². The number of carbonyl (C=O) groups excluding carboxylic acids is 1. The lowest BCUT2D eigenvalue weighted by atomic mass is 10.1. The summed E-state index contributed by atoms with van der Waals surface area (Å²) in [5.74, 6) is 0.863. The van der Waals surface area contributed by atoms with Crippen LogP contribution in [0.1, 0.15) is 18.7 Å². The molecule has 1 N–H and O–H groups in total. The van der Waals surface area contributed by atoms with Crippen molar-refractivity contribution in [3.05, 3.63) is 77.2 Å². The summed E-state index contributed by atoms with van der Waals surface area (Å²) in [5.41, 5.74) is 3.04. The highest BCUT2D eigenvalue weighted by Gasteiger charge is 2.13. The van der Waals surface area contributed by atoms with Gasteiger partial charge in [0.25, 0.3) is 5.56 Å². The van der Waals surface area contributed by atoms with Gasteiger partial charge in [-0.1, -0.05) is 24.3 Å². The average Bonchev–Trinajstić information content (AvgIpc) is 3.21. The normalized spacial score (nSPS) is 13.2. The van der Waals surface area contributed by atoms with Crippen molar-refractivity contribution in [1.82, 2.24) is 19.1 Å². The average molecular weight is 399 g/mol. The molecule has 30 heavy (non-hydrogen) atoms. The molecule has 0 saturated heterocycles. The van der Waals surface area contributed by atoms with E-state index in [1.165, 1.54) is 23.7 Å². The maximum atomic E-state index is 12.5. The molecular formula is C23H21N5O2. The van der Waals surface area contributed by atoms with Gasteiger partial charge in [-0.3, -0.25) is 14.2 Å². The highest BCUT2D eigenvalue weighted by atomic mass is 16.2. The number of aryl methyl sites for hydroxylation is 2. The van der Waals surface area contributed by atoms with Gasteiger partial charge in [-0.15, -0.1) is 0 Å². The number of nitrogens with zero attached hydrogens (tertiary/aromatic N) is 4. The first-order chi connectivity index (χ1) is 14.7. The van der Waals surface area contributed by atoms with E-state index in [-0.39, 0.29) is 18.0 Å². The molecule has 0 radical (unpaired) electrons. The molecule has 0 atom stereocenters. The minimum absolute atomic E-state index is 0.0911. The van der Waals surface area contributed by atoms with Crippen LogP contribution in [0.4, 0.5) is 5.69 Å². The molecule has 4 aromatic rings. The summed E-state index contributed by atoms with van der Waals surface area (Å²) in [5, 5.41) is 3.34. The van der Waals surface area contributed by atoms with Gasteiger partial charge in [0.2, 0.25) is 5.91 Å². The molecule has 1 aliphatic heterocycles. The van der Waals surface area contributed by atoms with E-state index in [0.29, 0.717) is 16.6 Å². The Morgan fingerprint density at radius 1 is 1.07 bits per heavy atom. The van der Waals surface area contributed by atoms with Gasteiger partial charge in [0.1, 0.15) is 12.4 Å². The lowest BCUT2D eigenvalue weighted by molar-refractivity contribution is -0.116. The topological polar surface area (TPSA) is 81.8 Å². The number of hydrogen-bond donors (Lipinski definition) is 1. The molecule has 3 heterocycles. The first-order valence-corrected chi connectivity index (χ1v) is 10.1. The lowest BCUT2D eigenvalue weighted by Gasteiger charge is -2.11. The number of amides is 1. The third-order valence-corrected chi connectivity index (χ3v) is 5.42. The molecular weight excluding hydrogens is 378 g/mol. The number of imidazole rings is 1. The van der Waals surface area contributed by atoms with E-state index in [1.54, 1.807) is 18.2 Å². The predicted molar refractivity (Wildman–Crippen MR) is 115 cm³/mol. The highest BCUT2D eigenvalue weighted by Crippen LogP contribution is 2.24. The fraction of sp³-hybridized carbons (Fsp3) is 0.217. The summed E-state index contributed by atoms with van der Waals surface area (Å²) in [7, 11) is 0. The van der Waals surface area contributed by atoms with Crippen LogP contribution in [-0.4, -0.2) is 25.0 Å². The lowest BCUT2D eigenvalue weighted by Crippen LogP contribution is -2.27. The van der Waals surface area contributed by atoms with E-state index < -0.39 is 0 Å². The summed E-state index contributed by atoms with van der Waals surface area (Å²) in [6, 6.07) is 14.7. The van der Waals surface area contributed by atoms with E-state index in [4.69, 9.17) is 4.98 Å². The Morgan fingerprint density at radius 2 is 1.90 bits per heavy atom. The maximum Gasteiger partial charge on any atom is 0.261 e. The fourth-order valence-corrected chi connectivity index (χ4v) is 3.85. The number of benzene rings is 2. The van der Waals surface area contributed by atoms with Crippen LogP contribution in [0.25, 0.3) is 22.2 Å². The van der Waals surface area contributed by atoms with Crippen LogP contribution in [-0.2, 0) is 24.3 Å². The van der Waals surface area contributed by atoms with Crippen LogP contribution in [0.15, 0.2) is 65.8 Å². The van der Waals surface area contributed by atoms with Gasteiger partial charge in [0.05, 0.1) is 22.9 Å². The quantitative estimate of drug-likeness (QED) is 0.571. The number of rotatable bonds is 4. The van der Waals surface area contributed by atoms with Crippen LogP contribution < -0.4 is 10.9 Å². The summed E-state index contributed by atoms with van der Waals surface area (Å²) in [4.78, 5) is 34.0. The Balaban J connectivity index is 1.29. The zero-order valence-electron chi connectivity index (χ0n) is 16.4. The second-order valence-electron chi connectivity index (χ2n) is 7.51. The monoisotopic (exact) mass is 399 g/mol. The second-order valence-corrected chi connectivity index (χ2v) is 7.51. The standard InChI is InChI=1S/C23H21N5O2/c29-22(14-28-15-24-19-6-2-1-5-18(19)23(28)30)25-17-10-8-16(9-11-17)20-13-27-12-4-3-7-21(27)26-20/h1-2,5-6,8-11,13,15H,3-4,7,12,14H2,(H,25,29). The molecule has 0 bridgehead atoms. The molecule has 2 aromatic carbocycles. The molecule has 5 rings (SSSR count). The number of carbonyl (C=O) groups is 1. The minimum atomic E-state index is -0.278. The smallest absolute Gasteiger partial charge is 0.261 e. The van der Waals surface area contributed by atoms with Crippen molar-refractivity contribution in [3.63, 3.8) is 0 Å². The number of nitrogens with one attached hydrogen (secondary N) is 1. The molecule has 1 amide bonds. The van der Waals surface area contributed by atoms with Crippen LogP contribution in [0.3, 0.4) is 0 Å². The molecule has 1 aliphatic rings. The third-order valence-electron chi connectivity index (χ3n) is 5.42. The minimum Gasteiger partial charge on any atom is -0.334 e. The molecule has 0 spiro atoms. The fourth-order valence-electron chi connectivity index (χ4n) is 3.85. The van der Waals surface area contributed by atoms with Crippen molar-refractivity contribution in [2.24, 2.45) is 0 Å². The van der Waals surface area contributed by atoms with E-state index in [9.17, 15) is 9.59 Å². The number of hydrogen-bond acceptors (Lipinski definition) is 4. The maximum absolute atomic E-state index is 12.5. The van der Waals surface area contributed by atoms with Crippen molar-refractivity contribution >= 4 is 22.5 Å². The highest BCUT2D eigenvalue weighted by molar-refractivity contribution is 5.91. The Labute approximate surface area is 173 Å². The Kier molecular flexibility index (Phi) is 4.63. The van der Waals surface area contributed by atoms with Crippen molar-refractivity contribution in [2.75, 3.05) is 5.32 Å². The summed E-state index contributed by atoms with van der Waals surface area (Å²) in [6.45, 7) is 0.936. The Bertz CT molecular complexity index is 1260. The van der Waals surface area contributed by atoms with Gasteiger partial charge >= 0.3 is 0 Å². The van der Waals surface area contributed by atoms with Gasteiger partial charge < -0.3 is 9.88 Å². The molecule has 0 saturated carbocycles. The van der Waals surface area contributed by atoms with Crippen LogP contribution in [0.2, 0.25) is 0 Å². The summed E-state index contributed by atoms with van der Waals surface area (Å²) < 4.78 is 3.55. The predicted octanol–water partition coefficient (Wildman–Crippen LogP) is 3.24. The molecule has 0 fully saturated rings. The van der Waals surface area contributed by atoms with E-state index in [0.717, 1.165) is 30.0 Å². The van der Waals surface area contributed by atoms with Gasteiger partial charge in [0.15, 0.2) is 0 Å². The van der Waals surface area contributed by atoms with Crippen molar-refractivity contribution in [2.45, 2.75) is 32.4 Å². The third kappa shape index (κ3) is 3.50. The summed E-state index contributed by atoms with van der Waals surface area (Å²) in [6.07, 6.45) is 6.92.